The summed E-state index contributed by atoms with van der Waals surface area (Å²) in [6, 6.07) is 8.38. The second-order valence-electron chi connectivity index (χ2n) is 6.67. The molecule has 0 spiro atoms. The van der Waals surface area contributed by atoms with Gasteiger partial charge in [0, 0.05) is 29.4 Å². The first kappa shape index (κ1) is 15.4. The predicted octanol–water partition coefficient (Wildman–Crippen LogP) is 3.19. The average Bonchev–Trinajstić information content (AvgIpc) is 3.33. The van der Waals surface area contributed by atoms with Crippen molar-refractivity contribution >= 4 is 10.9 Å². The second kappa shape index (κ2) is 6.77. The quantitative estimate of drug-likeness (QED) is 0.732. The number of benzene rings is 1. The smallest absolute Gasteiger partial charge is 0.154 e. The molecule has 126 valence electrons. The number of fused-ring (bicyclic) bond motifs is 1. The van der Waals surface area contributed by atoms with Gasteiger partial charge in [-0.2, -0.15) is 5.10 Å². The highest BCUT2D eigenvalue weighted by Crippen LogP contribution is 2.32. The molecule has 1 fully saturated rings. The Balaban J connectivity index is 1.54. The van der Waals surface area contributed by atoms with Crippen molar-refractivity contribution in [3.63, 3.8) is 0 Å². The third kappa shape index (κ3) is 2.96. The number of hydrogen-bond acceptors (Lipinski definition) is 3. The number of aromatic amines is 1. The number of hydrogen-bond donors (Lipinski definition) is 2. The fourth-order valence-electron chi connectivity index (χ4n) is 3.79. The zero-order valence-electron chi connectivity index (χ0n) is 13.9. The molecule has 0 aliphatic heterocycles. The normalized spacial score (nSPS) is 15.5. The molecular weight excluding hydrogens is 300 g/mol. The average molecular weight is 324 g/mol. The Bertz CT molecular complexity index is 814. The van der Waals surface area contributed by atoms with Gasteiger partial charge in [0.15, 0.2) is 5.82 Å². The number of H-pyrrole nitrogens is 1. The number of aromatic nitrogens is 4. The van der Waals surface area contributed by atoms with Crippen molar-refractivity contribution < 1.29 is 5.11 Å². The summed E-state index contributed by atoms with van der Waals surface area (Å²) in [5.41, 5.74) is 2.49. The topological polar surface area (TPSA) is 66.7 Å². The molecule has 0 bridgehead atoms. The second-order valence-corrected chi connectivity index (χ2v) is 6.67. The van der Waals surface area contributed by atoms with Gasteiger partial charge in [-0.15, -0.1) is 0 Å². The van der Waals surface area contributed by atoms with Gasteiger partial charge in [0.2, 0.25) is 0 Å². The maximum absolute atomic E-state index is 9.32. The maximum Gasteiger partial charge on any atom is 0.154 e. The summed E-state index contributed by atoms with van der Waals surface area (Å²) in [6.45, 7) is 0.635. The lowest BCUT2D eigenvalue weighted by molar-refractivity contribution is 0.266. The SMILES string of the molecule is OCCn1nc(C2CCCC2)nc1CCc1c[nH]c2ccccc12. The van der Waals surface area contributed by atoms with Crippen LogP contribution in [-0.4, -0.2) is 31.5 Å². The molecule has 4 rings (SSSR count). The van der Waals surface area contributed by atoms with Crippen LogP contribution in [0.5, 0.6) is 0 Å². The van der Waals surface area contributed by atoms with E-state index in [2.05, 4.69) is 34.5 Å². The summed E-state index contributed by atoms with van der Waals surface area (Å²) in [7, 11) is 0. The Kier molecular flexibility index (Phi) is 4.34. The lowest BCUT2D eigenvalue weighted by Gasteiger charge is -2.03. The van der Waals surface area contributed by atoms with Crippen LogP contribution in [0.3, 0.4) is 0 Å². The monoisotopic (exact) mass is 324 g/mol. The zero-order valence-corrected chi connectivity index (χ0v) is 13.9. The van der Waals surface area contributed by atoms with E-state index in [0.717, 1.165) is 24.5 Å². The number of nitrogens with one attached hydrogen (secondary N) is 1. The van der Waals surface area contributed by atoms with Crippen molar-refractivity contribution in [2.45, 2.75) is 51.0 Å². The number of aliphatic hydroxyl groups excluding tert-OH is 1. The van der Waals surface area contributed by atoms with Gasteiger partial charge in [-0.3, -0.25) is 0 Å². The molecule has 2 aromatic heterocycles. The van der Waals surface area contributed by atoms with Gasteiger partial charge in [0.05, 0.1) is 13.2 Å². The molecule has 0 saturated heterocycles. The number of aliphatic hydroxyl groups is 1. The van der Waals surface area contributed by atoms with Crippen molar-refractivity contribution in [3.05, 3.63) is 47.7 Å². The minimum atomic E-state index is 0.105. The molecule has 5 nitrogen and oxygen atoms in total. The fourth-order valence-corrected chi connectivity index (χ4v) is 3.79. The highest BCUT2D eigenvalue weighted by atomic mass is 16.3. The summed E-state index contributed by atoms with van der Waals surface area (Å²) >= 11 is 0. The molecule has 3 aromatic rings. The maximum atomic E-state index is 9.32. The van der Waals surface area contributed by atoms with Crippen LogP contribution in [-0.2, 0) is 19.4 Å². The van der Waals surface area contributed by atoms with Crippen LogP contribution in [0.15, 0.2) is 30.5 Å². The third-order valence-electron chi connectivity index (χ3n) is 5.09. The summed E-state index contributed by atoms with van der Waals surface area (Å²) < 4.78 is 1.91. The Morgan fingerprint density at radius 3 is 2.83 bits per heavy atom. The van der Waals surface area contributed by atoms with Crippen molar-refractivity contribution in [2.24, 2.45) is 0 Å². The molecule has 0 radical (unpaired) electrons. The van der Waals surface area contributed by atoms with Gasteiger partial charge >= 0.3 is 0 Å². The highest BCUT2D eigenvalue weighted by molar-refractivity contribution is 5.83. The van der Waals surface area contributed by atoms with Crippen LogP contribution >= 0.6 is 0 Å². The molecule has 1 aromatic carbocycles. The minimum absolute atomic E-state index is 0.105. The van der Waals surface area contributed by atoms with Crippen molar-refractivity contribution in [1.82, 2.24) is 19.7 Å². The van der Waals surface area contributed by atoms with E-state index in [1.165, 1.54) is 42.1 Å². The number of rotatable bonds is 6. The number of aryl methyl sites for hydroxylation is 2. The van der Waals surface area contributed by atoms with Gasteiger partial charge in [-0.1, -0.05) is 31.0 Å². The first-order chi connectivity index (χ1) is 11.8. The van der Waals surface area contributed by atoms with Gasteiger partial charge < -0.3 is 10.1 Å². The van der Waals surface area contributed by atoms with Gasteiger partial charge in [-0.05, 0) is 30.9 Å². The molecule has 1 aliphatic carbocycles. The standard InChI is InChI=1S/C19H24N4O/c24-12-11-23-18(21-19(22-23)14-5-1-2-6-14)10-9-15-13-20-17-8-4-3-7-16(15)17/h3-4,7-8,13-14,20,24H,1-2,5-6,9-12H2. The van der Waals surface area contributed by atoms with E-state index in [1.54, 1.807) is 0 Å². The number of nitrogens with zero attached hydrogens (tertiary/aromatic N) is 3. The lowest BCUT2D eigenvalue weighted by atomic mass is 10.1. The van der Waals surface area contributed by atoms with E-state index in [4.69, 9.17) is 4.98 Å². The molecule has 1 aliphatic rings. The Labute approximate surface area is 141 Å². The minimum Gasteiger partial charge on any atom is -0.394 e. The van der Waals surface area contributed by atoms with E-state index >= 15 is 0 Å². The Hall–Kier alpha value is -2.14. The van der Waals surface area contributed by atoms with Gasteiger partial charge in [0.25, 0.3) is 0 Å². The Morgan fingerprint density at radius 1 is 1.17 bits per heavy atom. The molecule has 0 unspecified atom stereocenters. The fraction of sp³-hybridized carbons (Fsp3) is 0.474. The van der Waals surface area contributed by atoms with E-state index in [-0.39, 0.29) is 6.61 Å². The van der Waals surface area contributed by atoms with Crippen LogP contribution in [0.25, 0.3) is 10.9 Å². The molecule has 0 amide bonds. The number of para-hydroxylation sites is 1. The van der Waals surface area contributed by atoms with E-state index in [0.29, 0.717) is 12.5 Å². The summed E-state index contributed by atoms with van der Waals surface area (Å²) in [4.78, 5) is 8.15. The Morgan fingerprint density at radius 2 is 2.00 bits per heavy atom. The van der Waals surface area contributed by atoms with Crippen LogP contribution in [0.4, 0.5) is 0 Å². The summed E-state index contributed by atoms with van der Waals surface area (Å²) in [5, 5.41) is 15.3. The largest absolute Gasteiger partial charge is 0.394 e. The van der Waals surface area contributed by atoms with Crippen LogP contribution in [0, 0.1) is 0 Å². The van der Waals surface area contributed by atoms with Crippen LogP contribution in [0.2, 0.25) is 0 Å². The van der Waals surface area contributed by atoms with E-state index in [9.17, 15) is 5.11 Å². The third-order valence-corrected chi connectivity index (χ3v) is 5.09. The molecule has 2 heterocycles. The predicted molar refractivity (Wildman–Crippen MR) is 94.0 cm³/mol. The molecule has 24 heavy (non-hydrogen) atoms. The highest BCUT2D eigenvalue weighted by Gasteiger charge is 2.22. The van der Waals surface area contributed by atoms with Crippen molar-refractivity contribution in [2.75, 3.05) is 6.61 Å². The molecule has 0 atom stereocenters. The van der Waals surface area contributed by atoms with Gasteiger partial charge in [0.1, 0.15) is 5.82 Å². The molecule has 1 saturated carbocycles. The van der Waals surface area contributed by atoms with Gasteiger partial charge in [-0.25, -0.2) is 9.67 Å². The van der Waals surface area contributed by atoms with E-state index in [1.807, 2.05) is 10.7 Å². The zero-order chi connectivity index (χ0) is 16.4. The summed E-state index contributed by atoms with van der Waals surface area (Å²) in [6.07, 6.45) is 8.83. The van der Waals surface area contributed by atoms with Crippen molar-refractivity contribution in [1.29, 1.82) is 0 Å². The molecule has 5 heteroatoms. The first-order valence-electron chi connectivity index (χ1n) is 8.94. The molecular formula is C19H24N4O. The summed E-state index contributed by atoms with van der Waals surface area (Å²) in [5.74, 6) is 2.49. The van der Waals surface area contributed by atoms with Crippen molar-refractivity contribution in [3.8, 4) is 0 Å². The van der Waals surface area contributed by atoms with Crippen LogP contribution < -0.4 is 0 Å². The van der Waals surface area contributed by atoms with E-state index < -0.39 is 0 Å². The van der Waals surface area contributed by atoms with Crippen LogP contribution in [0.1, 0.15) is 48.8 Å². The molecule has 2 N–H and O–H groups in total. The lowest BCUT2D eigenvalue weighted by Crippen LogP contribution is -2.09. The first-order valence-corrected chi connectivity index (χ1v) is 8.94.